The number of carbonyl (C=O) groups excluding carboxylic acids is 2. The first kappa shape index (κ1) is 20.1. The summed E-state index contributed by atoms with van der Waals surface area (Å²) in [5.74, 6) is -0.328. The first-order valence-corrected chi connectivity index (χ1v) is 8.04. The van der Waals surface area contributed by atoms with Gasteiger partial charge in [0.1, 0.15) is 6.04 Å². The molecule has 0 saturated carbocycles. The maximum Gasteiger partial charge on any atom is 0.246 e. The van der Waals surface area contributed by atoms with Crippen LogP contribution in [0.1, 0.15) is 26.3 Å². The average Bonchev–Trinajstić information content (AvgIpc) is 2.54. The molecule has 7 heteroatoms. The molecule has 134 valence electrons. The Bertz CT molecular complexity index is 531. The van der Waals surface area contributed by atoms with Crippen molar-refractivity contribution in [3.8, 4) is 0 Å². The number of nitrogens with two attached hydrogens (primary N) is 1. The van der Waals surface area contributed by atoms with Crippen molar-refractivity contribution >= 4 is 17.5 Å². The molecule has 1 rings (SSSR count). The number of anilines is 1. The predicted octanol–water partition coefficient (Wildman–Crippen LogP) is 0.807. The van der Waals surface area contributed by atoms with Crippen LogP contribution < -0.4 is 21.7 Å². The molecule has 1 aromatic carbocycles. The van der Waals surface area contributed by atoms with E-state index in [4.69, 9.17) is 10.5 Å². The summed E-state index contributed by atoms with van der Waals surface area (Å²) < 4.78 is 5.11. The fraction of sp³-hybridized carbons (Fsp3) is 0.529. The Labute approximate surface area is 143 Å². The van der Waals surface area contributed by atoms with E-state index in [1.807, 2.05) is 26.0 Å². The molecule has 0 aromatic heterocycles. The highest BCUT2D eigenvalue weighted by atomic mass is 16.5. The fourth-order valence-electron chi connectivity index (χ4n) is 2.25. The van der Waals surface area contributed by atoms with Crippen LogP contribution in [0.25, 0.3) is 0 Å². The molecular formula is C17H28N4O3. The highest BCUT2D eigenvalue weighted by Crippen LogP contribution is 2.11. The number of ether oxygens (including phenoxy) is 1. The van der Waals surface area contributed by atoms with Crippen LogP contribution in [0.2, 0.25) is 0 Å². The van der Waals surface area contributed by atoms with Crippen molar-refractivity contribution < 1.29 is 14.3 Å². The molecule has 0 unspecified atom stereocenters. The lowest BCUT2D eigenvalue weighted by molar-refractivity contribution is -0.128. The lowest BCUT2D eigenvalue weighted by Gasteiger charge is -2.22. The number of likely N-dealkylation sites (N-methyl/N-ethyl adjacent to an activating group) is 1. The summed E-state index contributed by atoms with van der Waals surface area (Å²) in [6.07, 6.45) is 0. The van der Waals surface area contributed by atoms with Crippen molar-refractivity contribution in [1.29, 1.82) is 0 Å². The van der Waals surface area contributed by atoms with Gasteiger partial charge in [-0.15, -0.1) is 0 Å². The Morgan fingerprint density at radius 1 is 1.12 bits per heavy atom. The predicted molar refractivity (Wildman–Crippen MR) is 94.2 cm³/mol. The number of nitrogens with one attached hydrogen (secondary N) is 3. The van der Waals surface area contributed by atoms with E-state index in [9.17, 15) is 9.59 Å². The molecule has 0 radical (unpaired) electrons. The molecule has 0 saturated heterocycles. The van der Waals surface area contributed by atoms with Crippen LogP contribution in [0, 0.1) is 5.92 Å². The quantitative estimate of drug-likeness (QED) is 0.499. The highest BCUT2D eigenvalue weighted by Gasteiger charge is 2.23. The van der Waals surface area contributed by atoms with Crippen LogP contribution in [0.15, 0.2) is 24.3 Å². The van der Waals surface area contributed by atoms with Gasteiger partial charge in [0, 0.05) is 5.69 Å². The minimum Gasteiger partial charge on any atom is -0.362 e. The summed E-state index contributed by atoms with van der Waals surface area (Å²) in [6.45, 7) is 6.14. The van der Waals surface area contributed by atoms with E-state index in [0.29, 0.717) is 12.3 Å². The molecule has 0 fully saturated rings. The van der Waals surface area contributed by atoms with Crippen LogP contribution in [-0.2, 0) is 20.9 Å². The molecule has 2 atom stereocenters. The third-order valence-corrected chi connectivity index (χ3v) is 3.62. The van der Waals surface area contributed by atoms with Gasteiger partial charge in [-0.25, -0.2) is 0 Å². The van der Waals surface area contributed by atoms with E-state index in [2.05, 4.69) is 16.0 Å². The topological polar surface area (TPSA) is 105 Å². The van der Waals surface area contributed by atoms with Crippen molar-refractivity contribution in [3.63, 3.8) is 0 Å². The van der Waals surface area contributed by atoms with E-state index in [-0.39, 0.29) is 30.5 Å². The first-order chi connectivity index (χ1) is 11.4. The van der Waals surface area contributed by atoms with E-state index in [1.165, 1.54) is 0 Å². The SMILES string of the molecule is CN[C@H](C(=O)N[C@@H](C)C(=O)Nc1ccc(COCN)cc1)C(C)C. The minimum absolute atomic E-state index is 0.133. The van der Waals surface area contributed by atoms with E-state index >= 15 is 0 Å². The van der Waals surface area contributed by atoms with Crippen molar-refractivity contribution in [2.45, 2.75) is 39.5 Å². The number of carbonyl (C=O) groups is 2. The zero-order valence-electron chi connectivity index (χ0n) is 14.8. The molecular weight excluding hydrogens is 308 g/mol. The van der Waals surface area contributed by atoms with Crippen molar-refractivity contribution in [1.82, 2.24) is 10.6 Å². The smallest absolute Gasteiger partial charge is 0.246 e. The van der Waals surface area contributed by atoms with Gasteiger partial charge in [0.05, 0.1) is 19.4 Å². The highest BCUT2D eigenvalue weighted by molar-refractivity contribution is 5.97. The van der Waals surface area contributed by atoms with Gasteiger partial charge in [-0.05, 0) is 37.6 Å². The summed E-state index contributed by atoms with van der Waals surface area (Å²) >= 11 is 0. The van der Waals surface area contributed by atoms with Crippen molar-refractivity contribution in [3.05, 3.63) is 29.8 Å². The second-order valence-electron chi connectivity index (χ2n) is 5.94. The van der Waals surface area contributed by atoms with Crippen molar-refractivity contribution in [2.24, 2.45) is 11.7 Å². The monoisotopic (exact) mass is 336 g/mol. The minimum atomic E-state index is -0.632. The Morgan fingerprint density at radius 2 is 1.75 bits per heavy atom. The van der Waals surface area contributed by atoms with Crippen LogP contribution in [0.4, 0.5) is 5.69 Å². The lowest BCUT2D eigenvalue weighted by Crippen LogP contribution is -2.51. The summed E-state index contributed by atoms with van der Waals surface area (Å²) in [5, 5.41) is 8.45. The number of hydrogen-bond donors (Lipinski definition) is 4. The maximum atomic E-state index is 12.2. The van der Waals surface area contributed by atoms with E-state index in [1.54, 1.807) is 26.1 Å². The number of hydrogen-bond acceptors (Lipinski definition) is 5. The van der Waals surface area contributed by atoms with Crippen LogP contribution in [0.3, 0.4) is 0 Å². The molecule has 0 spiro atoms. The van der Waals surface area contributed by atoms with Crippen LogP contribution >= 0.6 is 0 Å². The summed E-state index contributed by atoms with van der Waals surface area (Å²) in [6, 6.07) is 6.31. The Morgan fingerprint density at radius 3 is 2.25 bits per heavy atom. The van der Waals surface area contributed by atoms with Gasteiger partial charge in [-0.1, -0.05) is 26.0 Å². The molecule has 2 amide bonds. The third kappa shape index (κ3) is 6.27. The Kier molecular flexibility index (Phi) is 8.39. The third-order valence-electron chi connectivity index (χ3n) is 3.62. The number of benzene rings is 1. The maximum absolute atomic E-state index is 12.2. The van der Waals surface area contributed by atoms with Gasteiger partial charge >= 0.3 is 0 Å². The molecule has 1 aromatic rings. The van der Waals surface area contributed by atoms with Gasteiger partial charge in [0.15, 0.2) is 0 Å². The zero-order chi connectivity index (χ0) is 18.1. The van der Waals surface area contributed by atoms with Crippen LogP contribution in [0.5, 0.6) is 0 Å². The molecule has 0 heterocycles. The summed E-state index contributed by atoms with van der Waals surface area (Å²) in [5.41, 5.74) is 6.90. The number of rotatable bonds is 9. The molecule has 7 nitrogen and oxygen atoms in total. The summed E-state index contributed by atoms with van der Waals surface area (Å²) in [4.78, 5) is 24.3. The van der Waals surface area contributed by atoms with Gasteiger partial charge < -0.3 is 26.4 Å². The Hall–Kier alpha value is -1.96. The van der Waals surface area contributed by atoms with Crippen molar-refractivity contribution in [2.75, 3.05) is 19.1 Å². The molecule has 0 aliphatic heterocycles. The molecule has 0 bridgehead atoms. The van der Waals surface area contributed by atoms with E-state index < -0.39 is 6.04 Å². The van der Waals surface area contributed by atoms with Gasteiger partial charge in [-0.2, -0.15) is 0 Å². The van der Waals surface area contributed by atoms with Gasteiger partial charge in [0.2, 0.25) is 11.8 Å². The standard InChI is InChI=1S/C17H28N4O3/c1-11(2)15(19-4)17(23)20-12(3)16(22)21-14-7-5-13(6-8-14)9-24-10-18/h5-8,11-12,15,19H,9-10,18H2,1-4H3,(H,20,23)(H,21,22)/t12-,15-/m0/s1. The lowest BCUT2D eigenvalue weighted by atomic mass is 10.0. The number of amides is 2. The molecule has 24 heavy (non-hydrogen) atoms. The molecule has 5 N–H and O–H groups in total. The summed E-state index contributed by atoms with van der Waals surface area (Å²) in [7, 11) is 1.73. The van der Waals surface area contributed by atoms with Gasteiger partial charge in [0.25, 0.3) is 0 Å². The second-order valence-corrected chi connectivity index (χ2v) is 5.94. The van der Waals surface area contributed by atoms with Crippen LogP contribution in [-0.4, -0.2) is 37.7 Å². The molecule has 0 aliphatic carbocycles. The zero-order valence-corrected chi connectivity index (χ0v) is 14.8. The normalized spacial score (nSPS) is 13.4. The second kappa shape index (κ2) is 10.0. The fourth-order valence-corrected chi connectivity index (χ4v) is 2.25. The average molecular weight is 336 g/mol. The molecule has 0 aliphatic rings. The van der Waals surface area contributed by atoms with Gasteiger partial charge in [-0.3, -0.25) is 9.59 Å². The largest absolute Gasteiger partial charge is 0.362 e. The first-order valence-electron chi connectivity index (χ1n) is 8.04. The van der Waals surface area contributed by atoms with E-state index in [0.717, 1.165) is 5.56 Å². The Balaban J connectivity index is 2.56.